The van der Waals surface area contributed by atoms with Gasteiger partial charge in [0.2, 0.25) is 0 Å². The lowest BCUT2D eigenvalue weighted by atomic mass is 9.92. The van der Waals surface area contributed by atoms with Crippen LogP contribution in [0.2, 0.25) is 0 Å². The van der Waals surface area contributed by atoms with Crippen molar-refractivity contribution in [1.82, 2.24) is 9.88 Å². The molecule has 1 aromatic heterocycles. The molecule has 6 nitrogen and oxygen atoms in total. The quantitative estimate of drug-likeness (QED) is 0.877. The zero-order chi connectivity index (χ0) is 16.0. The average molecular weight is 304 g/mol. The molecule has 0 bridgehead atoms. The molecule has 2 fully saturated rings. The number of likely N-dealkylation sites (tertiary alicyclic amines) is 1. The predicted molar refractivity (Wildman–Crippen MR) is 79.8 cm³/mol. The molecule has 22 heavy (non-hydrogen) atoms. The van der Waals surface area contributed by atoms with Gasteiger partial charge in [0.1, 0.15) is 5.56 Å². The molecular formula is C16H20N2O4. The SMILES string of the molecule is Cc1cc(C)c(C(=O)N2C[C@H](C(=O)O)[C@@H](C3CC3)C2)c(=O)[nH]1. The molecule has 1 saturated carbocycles. The lowest BCUT2D eigenvalue weighted by Crippen LogP contribution is -2.35. The zero-order valence-corrected chi connectivity index (χ0v) is 12.8. The Balaban J connectivity index is 1.87. The molecule has 1 aliphatic heterocycles. The summed E-state index contributed by atoms with van der Waals surface area (Å²) in [5.74, 6) is -1.28. The van der Waals surface area contributed by atoms with Crippen molar-refractivity contribution in [3.63, 3.8) is 0 Å². The summed E-state index contributed by atoms with van der Waals surface area (Å²) in [4.78, 5) is 40.4. The monoisotopic (exact) mass is 304 g/mol. The highest BCUT2D eigenvalue weighted by Crippen LogP contribution is 2.44. The van der Waals surface area contributed by atoms with Gasteiger partial charge in [0, 0.05) is 18.8 Å². The number of aryl methyl sites for hydroxylation is 2. The predicted octanol–water partition coefficient (Wildman–Crippen LogP) is 1.17. The third-order valence-corrected chi connectivity index (χ3v) is 4.78. The molecule has 1 amide bonds. The van der Waals surface area contributed by atoms with E-state index in [9.17, 15) is 19.5 Å². The van der Waals surface area contributed by atoms with Crippen molar-refractivity contribution in [2.24, 2.45) is 17.8 Å². The maximum absolute atomic E-state index is 12.7. The zero-order valence-electron chi connectivity index (χ0n) is 12.8. The second kappa shape index (κ2) is 5.26. The lowest BCUT2D eigenvalue weighted by Gasteiger charge is -2.17. The second-order valence-electron chi connectivity index (χ2n) is 6.50. The Bertz CT molecular complexity index is 690. The van der Waals surface area contributed by atoms with Gasteiger partial charge in [0.05, 0.1) is 5.92 Å². The summed E-state index contributed by atoms with van der Waals surface area (Å²) < 4.78 is 0. The molecule has 1 saturated heterocycles. The molecule has 0 aromatic carbocycles. The number of rotatable bonds is 3. The smallest absolute Gasteiger partial charge is 0.308 e. The van der Waals surface area contributed by atoms with Crippen LogP contribution in [0, 0.1) is 31.6 Å². The molecule has 0 spiro atoms. The van der Waals surface area contributed by atoms with Crippen LogP contribution in [0.5, 0.6) is 0 Å². The molecule has 2 heterocycles. The number of carboxylic acid groups (broad SMARTS) is 1. The van der Waals surface area contributed by atoms with Crippen molar-refractivity contribution in [2.75, 3.05) is 13.1 Å². The van der Waals surface area contributed by atoms with Gasteiger partial charge in [-0.15, -0.1) is 0 Å². The summed E-state index contributed by atoms with van der Waals surface area (Å²) in [5, 5.41) is 9.37. The van der Waals surface area contributed by atoms with Crippen LogP contribution in [0.25, 0.3) is 0 Å². The van der Waals surface area contributed by atoms with E-state index >= 15 is 0 Å². The number of nitrogens with one attached hydrogen (secondary N) is 1. The minimum Gasteiger partial charge on any atom is -0.481 e. The number of carboxylic acids is 1. The van der Waals surface area contributed by atoms with Gasteiger partial charge < -0.3 is 15.0 Å². The molecule has 2 N–H and O–H groups in total. The van der Waals surface area contributed by atoms with Crippen molar-refractivity contribution < 1.29 is 14.7 Å². The van der Waals surface area contributed by atoms with Crippen LogP contribution in [-0.2, 0) is 4.79 Å². The molecule has 6 heteroatoms. The van der Waals surface area contributed by atoms with Gasteiger partial charge >= 0.3 is 5.97 Å². The minimum atomic E-state index is -0.846. The van der Waals surface area contributed by atoms with Gasteiger partial charge in [-0.1, -0.05) is 0 Å². The summed E-state index contributed by atoms with van der Waals surface area (Å²) in [6, 6.07) is 1.76. The van der Waals surface area contributed by atoms with E-state index < -0.39 is 17.4 Å². The molecular weight excluding hydrogens is 284 g/mol. The number of amides is 1. The number of aliphatic carboxylic acids is 1. The summed E-state index contributed by atoms with van der Waals surface area (Å²) in [5.41, 5.74) is 1.07. The number of carbonyl (C=O) groups excluding carboxylic acids is 1. The number of nitrogens with zero attached hydrogens (tertiary/aromatic N) is 1. The highest BCUT2D eigenvalue weighted by molar-refractivity contribution is 5.96. The number of H-pyrrole nitrogens is 1. The fraction of sp³-hybridized carbons (Fsp3) is 0.562. The number of carbonyl (C=O) groups is 2. The largest absolute Gasteiger partial charge is 0.481 e. The van der Waals surface area contributed by atoms with Crippen LogP contribution in [-0.4, -0.2) is 40.0 Å². The summed E-state index contributed by atoms with van der Waals surface area (Å²) in [6.07, 6.45) is 2.08. The Morgan fingerprint density at radius 2 is 1.95 bits per heavy atom. The molecule has 0 radical (unpaired) electrons. The van der Waals surface area contributed by atoms with Crippen molar-refractivity contribution >= 4 is 11.9 Å². The highest BCUT2D eigenvalue weighted by atomic mass is 16.4. The first-order chi connectivity index (χ1) is 10.4. The molecule has 1 aliphatic carbocycles. The standard InChI is InChI=1S/C16H20N2O4/c1-8-5-9(2)17-14(19)13(8)15(20)18-6-11(10-3-4-10)12(7-18)16(21)22/h5,10-12H,3-4,6-7H2,1-2H3,(H,17,19)(H,21,22)/t11-,12+/m1/s1. The first kappa shape index (κ1) is 14.8. The van der Waals surface area contributed by atoms with Crippen LogP contribution in [0.4, 0.5) is 0 Å². The van der Waals surface area contributed by atoms with Gasteiger partial charge in [0.15, 0.2) is 0 Å². The van der Waals surface area contributed by atoms with Gasteiger partial charge in [-0.2, -0.15) is 0 Å². The van der Waals surface area contributed by atoms with Crippen molar-refractivity contribution in [2.45, 2.75) is 26.7 Å². The third-order valence-electron chi connectivity index (χ3n) is 4.78. The normalized spacial score (nSPS) is 24.5. The van der Waals surface area contributed by atoms with E-state index in [1.165, 1.54) is 4.90 Å². The Morgan fingerprint density at radius 1 is 1.27 bits per heavy atom. The van der Waals surface area contributed by atoms with Crippen molar-refractivity contribution in [1.29, 1.82) is 0 Å². The van der Waals surface area contributed by atoms with Crippen LogP contribution in [0.3, 0.4) is 0 Å². The topological polar surface area (TPSA) is 90.5 Å². The summed E-state index contributed by atoms with van der Waals surface area (Å²) >= 11 is 0. The summed E-state index contributed by atoms with van der Waals surface area (Å²) in [7, 11) is 0. The molecule has 2 aliphatic rings. The van der Waals surface area contributed by atoms with Crippen LogP contribution >= 0.6 is 0 Å². The molecule has 3 rings (SSSR count). The maximum atomic E-state index is 12.7. The molecule has 1 aromatic rings. The molecule has 2 atom stereocenters. The third kappa shape index (κ3) is 2.53. The van der Waals surface area contributed by atoms with E-state index in [-0.39, 0.29) is 23.9 Å². The van der Waals surface area contributed by atoms with Gasteiger partial charge in [-0.3, -0.25) is 14.4 Å². The Kier molecular flexibility index (Phi) is 3.54. The van der Waals surface area contributed by atoms with Crippen LogP contribution in [0.1, 0.15) is 34.5 Å². The Hall–Kier alpha value is -2.11. The number of hydrogen-bond acceptors (Lipinski definition) is 3. The van der Waals surface area contributed by atoms with E-state index in [1.54, 1.807) is 19.9 Å². The second-order valence-corrected chi connectivity index (χ2v) is 6.50. The van der Waals surface area contributed by atoms with E-state index in [1.807, 2.05) is 0 Å². The van der Waals surface area contributed by atoms with Gasteiger partial charge in [0.25, 0.3) is 11.5 Å². The molecule has 0 unspecified atom stereocenters. The van der Waals surface area contributed by atoms with E-state index in [2.05, 4.69) is 4.98 Å². The minimum absolute atomic E-state index is 0.0197. The van der Waals surface area contributed by atoms with E-state index in [0.717, 1.165) is 12.8 Å². The fourth-order valence-corrected chi connectivity index (χ4v) is 3.54. The van der Waals surface area contributed by atoms with Crippen LogP contribution in [0.15, 0.2) is 10.9 Å². The van der Waals surface area contributed by atoms with E-state index in [0.29, 0.717) is 23.7 Å². The first-order valence-corrected chi connectivity index (χ1v) is 7.61. The number of aromatic nitrogens is 1. The molecule has 118 valence electrons. The number of hydrogen-bond donors (Lipinski definition) is 2. The lowest BCUT2D eigenvalue weighted by molar-refractivity contribution is -0.142. The van der Waals surface area contributed by atoms with Crippen molar-refractivity contribution in [3.05, 3.63) is 33.2 Å². The van der Waals surface area contributed by atoms with Gasteiger partial charge in [-0.05, 0) is 50.2 Å². The number of aromatic amines is 1. The van der Waals surface area contributed by atoms with Crippen molar-refractivity contribution in [3.8, 4) is 0 Å². The number of pyridine rings is 1. The average Bonchev–Trinajstić information content (AvgIpc) is 3.15. The van der Waals surface area contributed by atoms with Gasteiger partial charge in [-0.25, -0.2) is 0 Å². The van der Waals surface area contributed by atoms with E-state index in [4.69, 9.17) is 0 Å². The first-order valence-electron chi connectivity index (χ1n) is 7.61. The summed E-state index contributed by atoms with van der Waals surface area (Å²) in [6.45, 7) is 4.13. The Morgan fingerprint density at radius 3 is 2.50 bits per heavy atom. The highest BCUT2D eigenvalue weighted by Gasteiger charge is 2.47. The van der Waals surface area contributed by atoms with Crippen LogP contribution < -0.4 is 5.56 Å². The fourth-order valence-electron chi connectivity index (χ4n) is 3.54. The Labute approximate surface area is 128 Å². The maximum Gasteiger partial charge on any atom is 0.308 e.